The van der Waals surface area contributed by atoms with Gasteiger partial charge in [0.25, 0.3) is 0 Å². The summed E-state index contributed by atoms with van der Waals surface area (Å²) in [7, 11) is 1.63. The van der Waals surface area contributed by atoms with Gasteiger partial charge in [0.2, 0.25) is 0 Å². The van der Waals surface area contributed by atoms with Gasteiger partial charge < -0.3 is 19.3 Å². The fourth-order valence-corrected chi connectivity index (χ4v) is 2.98. The summed E-state index contributed by atoms with van der Waals surface area (Å²) in [4.78, 5) is 10.7. The molecule has 0 spiro atoms. The maximum absolute atomic E-state index is 10.7. The highest BCUT2D eigenvalue weighted by atomic mass is 16.5. The van der Waals surface area contributed by atoms with Gasteiger partial charge in [-0.25, -0.2) is 0 Å². The molecule has 1 N–H and O–H groups in total. The van der Waals surface area contributed by atoms with Crippen LogP contribution in [0.5, 0.6) is 23.0 Å². The molecule has 0 aliphatic carbocycles. The third-order valence-electron chi connectivity index (χ3n) is 4.72. The van der Waals surface area contributed by atoms with Gasteiger partial charge in [0.15, 0.2) is 0 Å². The van der Waals surface area contributed by atoms with E-state index in [9.17, 15) is 4.79 Å². The maximum Gasteiger partial charge on any atom is 0.303 e. The number of carbonyl (C=O) groups is 1. The van der Waals surface area contributed by atoms with E-state index in [4.69, 9.17) is 19.3 Å². The molecule has 0 heterocycles. The third kappa shape index (κ3) is 6.93. The highest BCUT2D eigenvalue weighted by Gasteiger charge is 2.05. The van der Waals surface area contributed by atoms with Crippen LogP contribution >= 0.6 is 0 Å². The number of hydrogen-bond donors (Lipinski definition) is 1. The van der Waals surface area contributed by atoms with E-state index in [-0.39, 0.29) is 6.42 Å². The number of rotatable bonds is 10. The van der Waals surface area contributed by atoms with E-state index in [1.807, 2.05) is 85.8 Å². The van der Waals surface area contributed by atoms with Crippen LogP contribution in [0.3, 0.4) is 0 Å². The van der Waals surface area contributed by atoms with Crippen molar-refractivity contribution in [3.8, 4) is 23.0 Å². The minimum atomic E-state index is -0.794. The lowest BCUT2D eigenvalue weighted by atomic mass is 10.1. The molecule has 31 heavy (non-hydrogen) atoms. The number of hydrogen-bond acceptors (Lipinski definition) is 4. The molecule has 160 valence electrons. The average Bonchev–Trinajstić information content (AvgIpc) is 2.80. The van der Waals surface area contributed by atoms with E-state index in [1.165, 1.54) is 0 Å². The van der Waals surface area contributed by atoms with Gasteiger partial charge in [-0.3, -0.25) is 4.79 Å². The van der Waals surface area contributed by atoms with E-state index >= 15 is 0 Å². The predicted molar refractivity (Wildman–Crippen MR) is 120 cm³/mol. The van der Waals surface area contributed by atoms with E-state index in [2.05, 4.69) is 0 Å². The molecule has 3 aromatic rings. The molecule has 0 radical (unpaired) electrons. The van der Waals surface area contributed by atoms with Crippen molar-refractivity contribution >= 4 is 5.97 Å². The quantitative estimate of drug-likeness (QED) is 0.407. The SMILES string of the molecule is CC=C(Cc1ccc(Oc2ccc(OC)cc2)cc1)Oc1ccc(CCC(=O)O)cc1. The molecule has 0 fully saturated rings. The number of methoxy groups -OCH3 is 1. The van der Waals surface area contributed by atoms with Gasteiger partial charge >= 0.3 is 5.97 Å². The standard InChI is InChI=1S/C26H26O5/c1-3-21(30-23-9-4-19(5-10-23)8-17-26(27)28)18-20-6-11-24(12-7-20)31-25-15-13-22(29-2)14-16-25/h3-7,9-16H,8,17-18H2,1-2H3,(H,27,28). The third-order valence-corrected chi connectivity index (χ3v) is 4.72. The first kappa shape index (κ1) is 22.0. The number of carboxylic acids is 1. The van der Waals surface area contributed by atoms with Crippen LogP contribution in [0, 0.1) is 0 Å². The maximum atomic E-state index is 10.7. The van der Waals surface area contributed by atoms with Gasteiger partial charge in [-0.1, -0.05) is 24.3 Å². The smallest absolute Gasteiger partial charge is 0.303 e. The largest absolute Gasteiger partial charge is 0.497 e. The second-order valence-electron chi connectivity index (χ2n) is 6.99. The van der Waals surface area contributed by atoms with E-state index in [1.54, 1.807) is 7.11 Å². The Kier molecular flexibility index (Phi) is 7.71. The van der Waals surface area contributed by atoms with Crippen LogP contribution in [0.2, 0.25) is 0 Å². The minimum absolute atomic E-state index is 0.124. The van der Waals surface area contributed by atoms with Crippen molar-refractivity contribution in [2.24, 2.45) is 0 Å². The topological polar surface area (TPSA) is 65.0 Å². The zero-order valence-electron chi connectivity index (χ0n) is 17.7. The van der Waals surface area contributed by atoms with Crippen LogP contribution in [0.1, 0.15) is 24.5 Å². The summed E-state index contributed by atoms with van der Waals surface area (Å²) < 4.78 is 17.0. The molecule has 0 amide bonds. The summed E-state index contributed by atoms with van der Waals surface area (Å²) in [6, 6.07) is 22.9. The van der Waals surface area contributed by atoms with Crippen molar-refractivity contribution in [1.29, 1.82) is 0 Å². The Balaban J connectivity index is 1.55. The summed E-state index contributed by atoms with van der Waals surface area (Å²) in [5.41, 5.74) is 2.08. The van der Waals surface area contributed by atoms with Crippen molar-refractivity contribution in [2.75, 3.05) is 7.11 Å². The fraction of sp³-hybridized carbons (Fsp3) is 0.192. The number of aliphatic carboxylic acids is 1. The summed E-state index contributed by atoms with van der Waals surface area (Å²) in [6.07, 6.45) is 3.23. The zero-order valence-corrected chi connectivity index (χ0v) is 17.7. The summed E-state index contributed by atoms with van der Waals surface area (Å²) >= 11 is 0. The van der Waals surface area contributed by atoms with Crippen molar-refractivity contribution in [3.05, 3.63) is 95.8 Å². The Morgan fingerprint density at radius 3 is 1.87 bits per heavy atom. The molecule has 5 nitrogen and oxygen atoms in total. The molecule has 5 heteroatoms. The molecule has 3 aromatic carbocycles. The number of ether oxygens (including phenoxy) is 3. The first-order valence-corrected chi connectivity index (χ1v) is 10.1. The van der Waals surface area contributed by atoms with Crippen LogP contribution in [0.4, 0.5) is 0 Å². The van der Waals surface area contributed by atoms with Crippen LogP contribution < -0.4 is 14.2 Å². The molecule has 0 aliphatic heterocycles. The van der Waals surface area contributed by atoms with Crippen LogP contribution in [0.25, 0.3) is 0 Å². The van der Waals surface area contributed by atoms with Gasteiger partial charge in [0, 0.05) is 12.8 Å². The Labute approximate surface area is 182 Å². The van der Waals surface area contributed by atoms with Crippen molar-refractivity contribution < 1.29 is 24.1 Å². The lowest BCUT2D eigenvalue weighted by Crippen LogP contribution is -2.00. The van der Waals surface area contributed by atoms with Crippen LogP contribution in [0.15, 0.2) is 84.6 Å². The minimum Gasteiger partial charge on any atom is -0.497 e. The van der Waals surface area contributed by atoms with Gasteiger partial charge in [-0.15, -0.1) is 0 Å². The lowest BCUT2D eigenvalue weighted by molar-refractivity contribution is -0.136. The van der Waals surface area contributed by atoms with E-state index in [0.717, 1.165) is 39.9 Å². The summed E-state index contributed by atoms with van der Waals surface area (Å²) in [5.74, 6) is 3.06. The Morgan fingerprint density at radius 2 is 1.32 bits per heavy atom. The normalized spacial score (nSPS) is 11.1. The highest BCUT2D eigenvalue weighted by molar-refractivity contribution is 5.67. The van der Waals surface area contributed by atoms with Gasteiger partial charge in [0.1, 0.15) is 28.8 Å². The Hall–Kier alpha value is -3.73. The number of allylic oxidation sites excluding steroid dienone is 2. The molecule has 0 atom stereocenters. The Morgan fingerprint density at radius 1 is 0.806 bits per heavy atom. The van der Waals surface area contributed by atoms with Crippen molar-refractivity contribution in [3.63, 3.8) is 0 Å². The average molecular weight is 418 g/mol. The first-order chi connectivity index (χ1) is 15.1. The molecular weight excluding hydrogens is 392 g/mol. The second kappa shape index (κ2) is 10.9. The first-order valence-electron chi connectivity index (χ1n) is 10.1. The van der Waals surface area contributed by atoms with Gasteiger partial charge in [-0.05, 0) is 79.1 Å². The van der Waals surface area contributed by atoms with Crippen LogP contribution in [-0.2, 0) is 17.6 Å². The summed E-state index contributed by atoms with van der Waals surface area (Å²) in [5, 5.41) is 8.79. The molecule has 0 unspecified atom stereocenters. The summed E-state index contributed by atoms with van der Waals surface area (Å²) in [6.45, 7) is 1.94. The Bertz CT molecular complexity index is 1000. The zero-order chi connectivity index (χ0) is 22.1. The predicted octanol–water partition coefficient (Wildman–Crippen LogP) is 6.03. The monoisotopic (exact) mass is 418 g/mol. The number of carboxylic acid groups (broad SMARTS) is 1. The number of aryl methyl sites for hydroxylation is 1. The second-order valence-corrected chi connectivity index (χ2v) is 6.99. The van der Waals surface area contributed by atoms with Gasteiger partial charge in [0.05, 0.1) is 7.11 Å². The van der Waals surface area contributed by atoms with Gasteiger partial charge in [-0.2, -0.15) is 0 Å². The molecular formula is C26H26O5. The molecule has 0 saturated heterocycles. The van der Waals surface area contributed by atoms with E-state index < -0.39 is 5.97 Å². The molecule has 3 rings (SSSR count). The molecule has 0 aromatic heterocycles. The highest BCUT2D eigenvalue weighted by Crippen LogP contribution is 2.25. The molecule has 0 saturated carbocycles. The number of benzene rings is 3. The van der Waals surface area contributed by atoms with Crippen molar-refractivity contribution in [1.82, 2.24) is 0 Å². The molecule has 0 aliphatic rings. The lowest BCUT2D eigenvalue weighted by Gasteiger charge is -2.12. The van der Waals surface area contributed by atoms with E-state index in [0.29, 0.717) is 12.8 Å². The van der Waals surface area contributed by atoms with Crippen molar-refractivity contribution in [2.45, 2.75) is 26.2 Å². The molecule has 0 bridgehead atoms. The van der Waals surface area contributed by atoms with Crippen LogP contribution in [-0.4, -0.2) is 18.2 Å². The fourth-order valence-electron chi connectivity index (χ4n) is 2.98.